The summed E-state index contributed by atoms with van der Waals surface area (Å²) < 4.78 is 2.96. The minimum absolute atomic E-state index is 0.0171. The highest BCUT2D eigenvalue weighted by Gasteiger charge is 2.25. The summed E-state index contributed by atoms with van der Waals surface area (Å²) in [5.41, 5.74) is 3.82. The van der Waals surface area contributed by atoms with Gasteiger partial charge in [-0.25, -0.2) is 4.98 Å². The van der Waals surface area contributed by atoms with Crippen molar-refractivity contribution in [1.82, 2.24) is 19.7 Å². The van der Waals surface area contributed by atoms with E-state index in [2.05, 4.69) is 35.1 Å². The zero-order valence-corrected chi connectivity index (χ0v) is 15.5. The molecule has 6 nitrogen and oxygen atoms in total. The molecule has 1 saturated heterocycles. The molecular formula is C18H21N5OS. The van der Waals surface area contributed by atoms with Gasteiger partial charge in [0.15, 0.2) is 10.8 Å². The molecule has 0 unspecified atom stereocenters. The predicted molar refractivity (Wildman–Crippen MR) is 100 cm³/mol. The van der Waals surface area contributed by atoms with Crippen LogP contribution < -0.4 is 4.90 Å². The first kappa shape index (κ1) is 16.1. The molecule has 0 N–H and O–H groups in total. The third-order valence-electron chi connectivity index (χ3n) is 4.78. The zero-order chi connectivity index (χ0) is 17.6. The van der Waals surface area contributed by atoms with Crippen molar-refractivity contribution in [3.63, 3.8) is 0 Å². The van der Waals surface area contributed by atoms with Crippen molar-refractivity contribution < 1.29 is 4.79 Å². The van der Waals surface area contributed by atoms with Crippen molar-refractivity contribution in [2.75, 3.05) is 31.1 Å². The molecule has 3 heterocycles. The summed E-state index contributed by atoms with van der Waals surface area (Å²) in [4.78, 5) is 21.6. The number of fused-ring (bicyclic) bond motifs is 1. The molecule has 1 aliphatic rings. The topological polar surface area (TPSA) is 54.3 Å². The van der Waals surface area contributed by atoms with Gasteiger partial charge in [0.05, 0.1) is 10.2 Å². The molecule has 7 heteroatoms. The Labute approximate surface area is 150 Å². The van der Waals surface area contributed by atoms with Gasteiger partial charge in [0, 0.05) is 38.9 Å². The first-order valence-electron chi connectivity index (χ1n) is 8.44. The molecule has 4 rings (SSSR count). The number of nitrogens with zero attached hydrogens (tertiary/aromatic N) is 5. The molecule has 130 valence electrons. The summed E-state index contributed by atoms with van der Waals surface area (Å²) in [6.07, 6.45) is 0. The second-order valence-corrected chi connectivity index (χ2v) is 7.50. The van der Waals surface area contributed by atoms with Crippen LogP contribution in [0.4, 0.5) is 5.13 Å². The molecule has 0 spiro atoms. The maximum Gasteiger partial charge on any atom is 0.274 e. The molecule has 1 fully saturated rings. The van der Waals surface area contributed by atoms with Crippen LogP contribution in [0.3, 0.4) is 0 Å². The van der Waals surface area contributed by atoms with Crippen LogP contribution >= 0.6 is 11.3 Å². The summed E-state index contributed by atoms with van der Waals surface area (Å²) in [7, 11) is 1.86. The van der Waals surface area contributed by atoms with Gasteiger partial charge >= 0.3 is 0 Å². The number of aromatic nitrogens is 3. The lowest BCUT2D eigenvalue weighted by molar-refractivity contribution is 0.0740. The maximum atomic E-state index is 12.6. The molecule has 0 saturated carbocycles. The fourth-order valence-corrected chi connectivity index (χ4v) is 4.23. The number of rotatable bonds is 2. The maximum absolute atomic E-state index is 12.6. The number of thiazole rings is 1. The SMILES string of the molecule is Cc1cccc2sc(N3CCN(C(=O)c4cc(C)n(C)n4)CC3)nc12. The van der Waals surface area contributed by atoms with E-state index < -0.39 is 0 Å². The number of benzene rings is 1. The molecule has 0 atom stereocenters. The highest BCUT2D eigenvalue weighted by Crippen LogP contribution is 2.31. The van der Waals surface area contributed by atoms with E-state index >= 15 is 0 Å². The van der Waals surface area contributed by atoms with Gasteiger partial charge in [-0.15, -0.1) is 0 Å². The third-order valence-corrected chi connectivity index (χ3v) is 5.86. The largest absolute Gasteiger partial charge is 0.345 e. The van der Waals surface area contributed by atoms with Gasteiger partial charge in [0.25, 0.3) is 5.91 Å². The molecule has 1 amide bonds. The Morgan fingerprint density at radius 1 is 1.16 bits per heavy atom. The van der Waals surface area contributed by atoms with E-state index in [0.717, 1.165) is 29.4 Å². The first-order valence-corrected chi connectivity index (χ1v) is 9.25. The van der Waals surface area contributed by atoms with E-state index in [1.165, 1.54) is 10.3 Å². The van der Waals surface area contributed by atoms with Crippen LogP contribution in [0.1, 0.15) is 21.7 Å². The van der Waals surface area contributed by atoms with Gasteiger partial charge in [0.1, 0.15) is 0 Å². The zero-order valence-electron chi connectivity index (χ0n) is 14.7. The number of hydrogen-bond donors (Lipinski definition) is 0. The molecule has 25 heavy (non-hydrogen) atoms. The van der Waals surface area contributed by atoms with Gasteiger partial charge in [0.2, 0.25) is 0 Å². The average molecular weight is 355 g/mol. The number of aryl methyl sites for hydroxylation is 3. The Hall–Kier alpha value is -2.41. The minimum Gasteiger partial charge on any atom is -0.345 e. The van der Waals surface area contributed by atoms with Crippen molar-refractivity contribution in [2.45, 2.75) is 13.8 Å². The fraction of sp³-hybridized carbons (Fsp3) is 0.389. The van der Waals surface area contributed by atoms with Crippen LogP contribution in [0.25, 0.3) is 10.2 Å². The Morgan fingerprint density at radius 3 is 2.56 bits per heavy atom. The molecule has 1 aliphatic heterocycles. The van der Waals surface area contributed by atoms with Crippen LogP contribution in [-0.4, -0.2) is 51.8 Å². The number of para-hydroxylation sites is 1. The number of carbonyl (C=O) groups is 1. The normalized spacial score (nSPS) is 15.2. The molecule has 0 bridgehead atoms. The number of piperazine rings is 1. The summed E-state index contributed by atoms with van der Waals surface area (Å²) in [6, 6.07) is 8.14. The molecule has 2 aromatic heterocycles. The summed E-state index contributed by atoms with van der Waals surface area (Å²) in [5.74, 6) is 0.0171. The minimum atomic E-state index is 0.0171. The quantitative estimate of drug-likeness (QED) is 0.709. The van der Waals surface area contributed by atoms with Crippen molar-refractivity contribution in [3.8, 4) is 0 Å². The van der Waals surface area contributed by atoms with Crippen LogP contribution in [0.2, 0.25) is 0 Å². The highest BCUT2D eigenvalue weighted by atomic mass is 32.1. The molecular weight excluding hydrogens is 334 g/mol. The lowest BCUT2D eigenvalue weighted by Gasteiger charge is -2.34. The lowest BCUT2D eigenvalue weighted by Crippen LogP contribution is -2.48. The van der Waals surface area contributed by atoms with E-state index in [0.29, 0.717) is 18.8 Å². The molecule has 1 aromatic carbocycles. The standard InChI is InChI=1S/C18H21N5OS/c1-12-5-4-6-15-16(12)19-18(25-15)23-9-7-22(8-10-23)17(24)14-11-13(2)21(3)20-14/h4-6,11H,7-10H2,1-3H3. The number of carbonyl (C=O) groups excluding carboxylic acids is 1. The van der Waals surface area contributed by atoms with Gasteiger partial charge in [-0.1, -0.05) is 23.5 Å². The van der Waals surface area contributed by atoms with Crippen LogP contribution in [0, 0.1) is 13.8 Å². The smallest absolute Gasteiger partial charge is 0.274 e. The fourth-order valence-electron chi connectivity index (χ4n) is 3.14. The van der Waals surface area contributed by atoms with E-state index in [4.69, 9.17) is 4.98 Å². The molecule has 0 radical (unpaired) electrons. The predicted octanol–water partition coefficient (Wildman–Crippen LogP) is 2.61. The number of hydrogen-bond acceptors (Lipinski definition) is 5. The Balaban J connectivity index is 1.47. The molecule has 3 aromatic rings. The van der Waals surface area contributed by atoms with Crippen molar-refractivity contribution in [2.24, 2.45) is 7.05 Å². The van der Waals surface area contributed by atoms with Crippen molar-refractivity contribution >= 4 is 32.6 Å². The van der Waals surface area contributed by atoms with Crippen LogP contribution in [-0.2, 0) is 7.05 Å². The summed E-state index contributed by atoms with van der Waals surface area (Å²) in [5, 5.41) is 5.35. The molecule has 0 aliphatic carbocycles. The van der Waals surface area contributed by atoms with E-state index in [1.807, 2.05) is 24.9 Å². The van der Waals surface area contributed by atoms with Crippen LogP contribution in [0.5, 0.6) is 0 Å². The number of anilines is 1. The number of amides is 1. The Bertz CT molecular complexity index is 917. The van der Waals surface area contributed by atoms with E-state index in [-0.39, 0.29) is 5.91 Å². The van der Waals surface area contributed by atoms with Crippen molar-refractivity contribution in [3.05, 3.63) is 41.2 Å². The first-order chi connectivity index (χ1) is 12.0. The highest BCUT2D eigenvalue weighted by molar-refractivity contribution is 7.22. The Kier molecular flexibility index (Phi) is 3.95. The third kappa shape index (κ3) is 2.89. The van der Waals surface area contributed by atoms with E-state index in [1.54, 1.807) is 16.0 Å². The van der Waals surface area contributed by atoms with E-state index in [9.17, 15) is 4.79 Å². The van der Waals surface area contributed by atoms with Crippen LogP contribution in [0.15, 0.2) is 24.3 Å². The van der Waals surface area contributed by atoms with Gasteiger partial charge in [-0.3, -0.25) is 9.48 Å². The average Bonchev–Trinajstić information content (AvgIpc) is 3.19. The second-order valence-electron chi connectivity index (χ2n) is 6.49. The second kappa shape index (κ2) is 6.15. The lowest BCUT2D eigenvalue weighted by atomic mass is 10.2. The van der Waals surface area contributed by atoms with Crippen molar-refractivity contribution in [1.29, 1.82) is 0 Å². The van der Waals surface area contributed by atoms with Gasteiger partial charge < -0.3 is 9.80 Å². The van der Waals surface area contributed by atoms with Gasteiger partial charge in [-0.2, -0.15) is 5.10 Å². The van der Waals surface area contributed by atoms with Gasteiger partial charge in [-0.05, 0) is 31.5 Å². The Morgan fingerprint density at radius 2 is 1.92 bits per heavy atom. The summed E-state index contributed by atoms with van der Waals surface area (Å²) >= 11 is 1.72. The summed E-state index contributed by atoms with van der Waals surface area (Å²) in [6.45, 7) is 7.05. The monoisotopic (exact) mass is 355 g/mol.